The van der Waals surface area contributed by atoms with Crippen molar-refractivity contribution in [3.63, 3.8) is 0 Å². The molecule has 0 aliphatic carbocycles. The molecule has 9 nitrogen and oxygen atoms in total. The highest BCUT2D eigenvalue weighted by atomic mass is 16.7. The van der Waals surface area contributed by atoms with Gasteiger partial charge in [-0.1, -0.05) is 337 Å². The van der Waals surface area contributed by atoms with E-state index in [2.05, 4.69) is 79.9 Å². The number of unbranched alkanes of at least 4 members (excludes halogenated alkanes) is 43. The SMILES string of the molecule is CC/C=C\C/C=C\C/C=C\C/C=C\CCCCCCCCCCCCCCCCCCCCCCCCCCCCC(=O)NC(COC1OC(CO)C(O)C(O)C1O)C(O)/C=C/CC/C=C/CCCCCCCCCCCCCCCCCC. The lowest BCUT2D eigenvalue weighted by atomic mass is 9.99. The van der Waals surface area contributed by atoms with E-state index in [1.165, 1.54) is 257 Å². The Morgan fingerprint density at radius 2 is 0.750 bits per heavy atom. The van der Waals surface area contributed by atoms with Gasteiger partial charge in [-0.25, -0.2) is 0 Å². The summed E-state index contributed by atoms with van der Waals surface area (Å²) < 4.78 is 11.3. The van der Waals surface area contributed by atoms with E-state index in [0.717, 1.165) is 64.2 Å². The smallest absolute Gasteiger partial charge is 0.220 e. The number of carbonyl (C=O) groups is 1. The summed E-state index contributed by atoms with van der Waals surface area (Å²) in [7, 11) is 0. The maximum absolute atomic E-state index is 13.1. The van der Waals surface area contributed by atoms with E-state index >= 15 is 0 Å². The largest absolute Gasteiger partial charge is 0.394 e. The molecule has 84 heavy (non-hydrogen) atoms. The minimum absolute atomic E-state index is 0.181. The second-order valence-electron chi connectivity index (χ2n) is 25.0. The van der Waals surface area contributed by atoms with Crippen LogP contribution in [0.4, 0.5) is 0 Å². The molecule has 1 amide bonds. The minimum atomic E-state index is -1.57. The van der Waals surface area contributed by atoms with Crippen molar-refractivity contribution in [1.29, 1.82) is 0 Å². The number of aliphatic hydroxyl groups excluding tert-OH is 5. The van der Waals surface area contributed by atoms with Crippen molar-refractivity contribution in [3.05, 3.63) is 72.9 Å². The van der Waals surface area contributed by atoms with Crippen molar-refractivity contribution < 1.29 is 39.8 Å². The summed E-state index contributed by atoms with van der Waals surface area (Å²) in [5.41, 5.74) is 0. The number of amides is 1. The van der Waals surface area contributed by atoms with Crippen LogP contribution >= 0.6 is 0 Å². The number of ether oxygens (including phenoxy) is 2. The van der Waals surface area contributed by atoms with Crippen molar-refractivity contribution in [2.24, 2.45) is 0 Å². The fraction of sp³-hybridized carbons (Fsp3) is 0.827. The quantitative estimate of drug-likeness (QED) is 0.0261. The molecule has 0 aromatic carbocycles. The Morgan fingerprint density at radius 1 is 0.417 bits per heavy atom. The highest BCUT2D eigenvalue weighted by Crippen LogP contribution is 2.23. The molecule has 7 atom stereocenters. The van der Waals surface area contributed by atoms with E-state index in [1.807, 2.05) is 6.08 Å². The Labute approximate surface area is 519 Å². The van der Waals surface area contributed by atoms with Gasteiger partial charge in [0, 0.05) is 6.42 Å². The fourth-order valence-corrected chi connectivity index (χ4v) is 11.4. The number of rotatable bonds is 63. The van der Waals surface area contributed by atoms with Gasteiger partial charge < -0.3 is 40.3 Å². The molecular formula is C75H137NO8. The van der Waals surface area contributed by atoms with E-state index in [-0.39, 0.29) is 12.5 Å². The molecule has 7 unspecified atom stereocenters. The normalized spacial score (nSPS) is 18.6. The molecular weight excluding hydrogens is 1040 g/mol. The first-order chi connectivity index (χ1) is 41.3. The van der Waals surface area contributed by atoms with Crippen LogP contribution in [-0.2, 0) is 14.3 Å². The van der Waals surface area contributed by atoms with Gasteiger partial charge in [0.15, 0.2) is 6.29 Å². The summed E-state index contributed by atoms with van der Waals surface area (Å²) in [6.45, 7) is 3.69. The van der Waals surface area contributed by atoms with Gasteiger partial charge in [0.2, 0.25) is 5.91 Å². The zero-order valence-corrected chi connectivity index (χ0v) is 54.9. The van der Waals surface area contributed by atoms with E-state index < -0.39 is 49.5 Å². The Morgan fingerprint density at radius 3 is 1.14 bits per heavy atom. The summed E-state index contributed by atoms with van der Waals surface area (Å²) in [5.74, 6) is -0.181. The lowest BCUT2D eigenvalue weighted by Gasteiger charge is -2.40. The van der Waals surface area contributed by atoms with Crippen LogP contribution < -0.4 is 5.32 Å². The average Bonchev–Trinajstić information content (AvgIpc) is 3.70. The number of carbonyl (C=O) groups excluding carboxylic acids is 1. The van der Waals surface area contributed by atoms with Crippen LogP contribution in [0.15, 0.2) is 72.9 Å². The lowest BCUT2D eigenvalue weighted by Crippen LogP contribution is -2.60. The molecule has 1 heterocycles. The van der Waals surface area contributed by atoms with Gasteiger partial charge in [0.1, 0.15) is 24.4 Å². The fourth-order valence-electron chi connectivity index (χ4n) is 11.4. The Bertz CT molecular complexity index is 1560. The maximum atomic E-state index is 13.1. The van der Waals surface area contributed by atoms with Gasteiger partial charge in [-0.15, -0.1) is 0 Å². The zero-order valence-electron chi connectivity index (χ0n) is 54.9. The highest BCUT2D eigenvalue weighted by Gasteiger charge is 2.44. The van der Waals surface area contributed by atoms with Crippen LogP contribution in [0.1, 0.15) is 341 Å². The maximum Gasteiger partial charge on any atom is 0.220 e. The summed E-state index contributed by atoms with van der Waals surface area (Å²) >= 11 is 0. The van der Waals surface area contributed by atoms with Gasteiger partial charge >= 0.3 is 0 Å². The van der Waals surface area contributed by atoms with Crippen molar-refractivity contribution in [3.8, 4) is 0 Å². The van der Waals surface area contributed by atoms with Crippen LogP contribution in [0.2, 0.25) is 0 Å². The van der Waals surface area contributed by atoms with Gasteiger partial charge in [-0.05, 0) is 70.6 Å². The second kappa shape index (κ2) is 63.6. The minimum Gasteiger partial charge on any atom is -0.394 e. The van der Waals surface area contributed by atoms with Crippen molar-refractivity contribution in [2.45, 2.75) is 384 Å². The predicted octanol–water partition coefficient (Wildman–Crippen LogP) is 19.9. The highest BCUT2D eigenvalue weighted by molar-refractivity contribution is 5.76. The molecule has 1 aliphatic rings. The molecule has 0 spiro atoms. The number of allylic oxidation sites excluding steroid dienone is 11. The van der Waals surface area contributed by atoms with Crippen molar-refractivity contribution in [1.82, 2.24) is 5.32 Å². The third kappa shape index (κ3) is 51.7. The molecule has 490 valence electrons. The standard InChI is InChI=1S/C75H137NO8/c1-3-5-7-9-11-13-15-17-19-21-23-25-27-28-29-30-31-32-33-34-35-36-37-38-39-40-41-42-43-45-47-49-51-53-55-57-59-61-63-65-71(79)76-68(67-83-75-74(82)73(81)72(80)70(66-77)84-75)69(78)64-62-60-58-56-54-52-50-48-46-44-26-24-22-20-18-16-14-12-10-8-6-4-2/h5,7,11,13,17,19,23,25,54,56,62,64,68-70,72-75,77-78,80-82H,3-4,6,8-10,12,14-16,18,20-22,24,26-53,55,57-61,63,65-67H2,1-2H3,(H,76,79)/b7-5-,13-11-,19-17-,25-23-,56-54+,64-62+. The molecule has 1 aliphatic heterocycles. The van der Waals surface area contributed by atoms with Crippen LogP contribution in [-0.4, -0.2) is 87.5 Å². The summed E-state index contributed by atoms with van der Waals surface area (Å²) in [6.07, 6.45) is 83.1. The van der Waals surface area contributed by atoms with Crippen molar-refractivity contribution >= 4 is 5.91 Å². The summed E-state index contributed by atoms with van der Waals surface area (Å²) in [6, 6.07) is -0.823. The molecule has 0 aromatic rings. The molecule has 0 bridgehead atoms. The van der Waals surface area contributed by atoms with E-state index in [9.17, 15) is 30.3 Å². The zero-order chi connectivity index (χ0) is 60.7. The van der Waals surface area contributed by atoms with Gasteiger partial charge in [0.05, 0.1) is 25.4 Å². The Hall–Kier alpha value is -2.37. The Balaban J connectivity index is 2.08. The first-order valence-electron chi connectivity index (χ1n) is 36.2. The van der Waals surface area contributed by atoms with E-state index in [0.29, 0.717) is 6.42 Å². The first kappa shape index (κ1) is 79.6. The van der Waals surface area contributed by atoms with Gasteiger partial charge in [-0.3, -0.25) is 4.79 Å². The van der Waals surface area contributed by atoms with Crippen LogP contribution in [0, 0.1) is 0 Å². The molecule has 0 radical (unpaired) electrons. The monoisotopic (exact) mass is 1180 g/mol. The van der Waals surface area contributed by atoms with Gasteiger partial charge in [0.25, 0.3) is 0 Å². The van der Waals surface area contributed by atoms with Gasteiger partial charge in [-0.2, -0.15) is 0 Å². The van der Waals surface area contributed by atoms with Crippen molar-refractivity contribution in [2.75, 3.05) is 13.2 Å². The molecule has 0 saturated carbocycles. The molecule has 1 saturated heterocycles. The number of hydrogen-bond donors (Lipinski definition) is 6. The molecule has 1 rings (SSSR count). The predicted molar refractivity (Wildman–Crippen MR) is 359 cm³/mol. The van der Waals surface area contributed by atoms with E-state index in [1.54, 1.807) is 6.08 Å². The van der Waals surface area contributed by atoms with Crippen LogP contribution in [0.25, 0.3) is 0 Å². The average molecular weight is 1180 g/mol. The third-order valence-corrected chi connectivity index (χ3v) is 17.0. The Kier molecular flexibility index (Phi) is 60.3. The molecule has 9 heteroatoms. The lowest BCUT2D eigenvalue weighted by molar-refractivity contribution is -0.302. The van der Waals surface area contributed by atoms with Crippen LogP contribution in [0.5, 0.6) is 0 Å². The first-order valence-corrected chi connectivity index (χ1v) is 36.2. The second-order valence-corrected chi connectivity index (χ2v) is 25.0. The molecule has 6 N–H and O–H groups in total. The molecule has 0 aromatic heterocycles. The summed E-state index contributed by atoms with van der Waals surface area (Å²) in [4.78, 5) is 13.1. The number of nitrogens with one attached hydrogen (secondary N) is 1. The van der Waals surface area contributed by atoms with E-state index in [4.69, 9.17) is 9.47 Å². The third-order valence-electron chi connectivity index (χ3n) is 17.0. The molecule has 1 fully saturated rings. The summed E-state index contributed by atoms with van der Waals surface area (Å²) in [5, 5.41) is 54.7. The van der Waals surface area contributed by atoms with Crippen LogP contribution in [0.3, 0.4) is 0 Å². The number of aliphatic hydroxyl groups is 5. The number of hydrogen-bond acceptors (Lipinski definition) is 8. The topological polar surface area (TPSA) is 149 Å².